The molecule has 0 spiro atoms. The van der Waals surface area contributed by atoms with Gasteiger partial charge >= 0.3 is 0 Å². The van der Waals surface area contributed by atoms with Gasteiger partial charge in [0.05, 0.1) is 17.6 Å². The number of imidazole rings is 1. The largest absolute Gasteiger partial charge is 0.326 e. The van der Waals surface area contributed by atoms with E-state index in [9.17, 15) is 0 Å². The van der Waals surface area contributed by atoms with Crippen LogP contribution < -0.4 is 5.32 Å². The maximum absolute atomic E-state index is 4.61. The average Bonchev–Trinajstić information content (AvgIpc) is 2.54. The Bertz CT molecular complexity index is 484. The lowest BCUT2D eigenvalue weighted by Gasteiger charge is -2.15. The first-order valence-corrected chi connectivity index (χ1v) is 5.01. The van der Waals surface area contributed by atoms with E-state index in [1.807, 2.05) is 0 Å². The Hall–Kier alpha value is -1.35. The standard InChI is InChI=1S/C11H13N3/c1-8-2-3-10-9(6-8)13-11-7-12-4-5-14(10)11/h2-3,6,12H,4-5,7H2,1H3. The molecular formula is C11H13N3. The summed E-state index contributed by atoms with van der Waals surface area (Å²) in [4.78, 5) is 4.61. The molecule has 3 rings (SSSR count). The van der Waals surface area contributed by atoms with E-state index in [0.29, 0.717) is 0 Å². The summed E-state index contributed by atoms with van der Waals surface area (Å²) < 4.78 is 2.31. The van der Waals surface area contributed by atoms with Crippen molar-refractivity contribution >= 4 is 11.0 Å². The second-order valence-corrected chi connectivity index (χ2v) is 3.85. The molecule has 0 saturated heterocycles. The molecule has 3 nitrogen and oxygen atoms in total. The van der Waals surface area contributed by atoms with Gasteiger partial charge in [0, 0.05) is 13.1 Å². The minimum atomic E-state index is 0.897. The fourth-order valence-corrected chi connectivity index (χ4v) is 2.07. The molecule has 0 fully saturated rings. The first kappa shape index (κ1) is 8.00. The van der Waals surface area contributed by atoms with Crippen LogP contribution in [0.15, 0.2) is 18.2 Å². The van der Waals surface area contributed by atoms with Gasteiger partial charge in [-0.1, -0.05) is 6.07 Å². The molecule has 0 radical (unpaired) electrons. The van der Waals surface area contributed by atoms with Crippen molar-refractivity contribution in [2.45, 2.75) is 20.0 Å². The molecule has 0 saturated carbocycles. The summed E-state index contributed by atoms with van der Waals surface area (Å²) in [7, 11) is 0. The highest BCUT2D eigenvalue weighted by atomic mass is 15.2. The molecule has 1 aromatic carbocycles. The first-order valence-electron chi connectivity index (χ1n) is 5.01. The highest BCUT2D eigenvalue weighted by molar-refractivity contribution is 5.77. The van der Waals surface area contributed by atoms with Gasteiger partial charge in [-0.15, -0.1) is 0 Å². The number of hydrogen-bond acceptors (Lipinski definition) is 2. The number of nitrogens with one attached hydrogen (secondary N) is 1. The maximum atomic E-state index is 4.61. The third-order valence-corrected chi connectivity index (χ3v) is 2.78. The molecule has 2 aromatic rings. The van der Waals surface area contributed by atoms with E-state index in [1.54, 1.807) is 0 Å². The molecule has 1 aliphatic heterocycles. The zero-order valence-electron chi connectivity index (χ0n) is 8.25. The minimum Gasteiger partial charge on any atom is -0.326 e. The Balaban J connectivity index is 2.31. The topological polar surface area (TPSA) is 29.9 Å². The Morgan fingerprint density at radius 1 is 1.43 bits per heavy atom. The average molecular weight is 187 g/mol. The van der Waals surface area contributed by atoms with Crippen LogP contribution in [0.25, 0.3) is 11.0 Å². The maximum Gasteiger partial charge on any atom is 0.123 e. The second-order valence-electron chi connectivity index (χ2n) is 3.85. The smallest absolute Gasteiger partial charge is 0.123 e. The molecule has 0 unspecified atom stereocenters. The zero-order chi connectivity index (χ0) is 9.54. The van der Waals surface area contributed by atoms with E-state index in [1.165, 1.54) is 11.1 Å². The van der Waals surface area contributed by atoms with Crippen LogP contribution in [0, 0.1) is 6.92 Å². The molecule has 1 aliphatic rings. The summed E-state index contributed by atoms with van der Waals surface area (Å²) in [6.45, 7) is 5.09. The van der Waals surface area contributed by atoms with Crippen molar-refractivity contribution in [3.05, 3.63) is 29.6 Å². The van der Waals surface area contributed by atoms with E-state index in [2.05, 4.69) is 40.0 Å². The number of benzene rings is 1. The lowest BCUT2D eigenvalue weighted by molar-refractivity contribution is 0.514. The van der Waals surface area contributed by atoms with E-state index in [-0.39, 0.29) is 0 Å². The summed E-state index contributed by atoms with van der Waals surface area (Å²) in [5.41, 5.74) is 3.68. The lowest BCUT2D eigenvalue weighted by Crippen LogP contribution is -2.28. The van der Waals surface area contributed by atoms with Crippen LogP contribution in [0.1, 0.15) is 11.4 Å². The van der Waals surface area contributed by atoms with Gasteiger partial charge in [-0.3, -0.25) is 0 Å². The van der Waals surface area contributed by atoms with Crippen LogP contribution in [0.5, 0.6) is 0 Å². The van der Waals surface area contributed by atoms with Crippen molar-refractivity contribution in [1.29, 1.82) is 0 Å². The molecule has 1 aromatic heterocycles. The minimum absolute atomic E-state index is 0.897. The van der Waals surface area contributed by atoms with E-state index in [4.69, 9.17) is 0 Å². The van der Waals surface area contributed by atoms with E-state index >= 15 is 0 Å². The zero-order valence-corrected chi connectivity index (χ0v) is 8.25. The van der Waals surface area contributed by atoms with Gasteiger partial charge < -0.3 is 9.88 Å². The van der Waals surface area contributed by atoms with E-state index in [0.717, 1.165) is 31.0 Å². The van der Waals surface area contributed by atoms with Gasteiger partial charge in [0.25, 0.3) is 0 Å². The van der Waals surface area contributed by atoms with Crippen molar-refractivity contribution in [2.24, 2.45) is 0 Å². The Labute approximate surface area is 82.8 Å². The summed E-state index contributed by atoms with van der Waals surface area (Å²) >= 11 is 0. The number of hydrogen-bond donors (Lipinski definition) is 1. The Morgan fingerprint density at radius 2 is 2.36 bits per heavy atom. The van der Waals surface area contributed by atoms with Crippen molar-refractivity contribution in [2.75, 3.05) is 6.54 Å². The fraction of sp³-hybridized carbons (Fsp3) is 0.364. The summed E-state index contributed by atoms with van der Waals surface area (Å²) in [5.74, 6) is 1.16. The van der Waals surface area contributed by atoms with E-state index < -0.39 is 0 Å². The van der Waals surface area contributed by atoms with Gasteiger partial charge in [0.1, 0.15) is 5.82 Å². The number of fused-ring (bicyclic) bond motifs is 3. The van der Waals surface area contributed by atoms with Gasteiger partial charge in [0.2, 0.25) is 0 Å². The van der Waals surface area contributed by atoms with Crippen LogP contribution >= 0.6 is 0 Å². The fourth-order valence-electron chi connectivity index (χ4n) is 2.07. The molecule has 0 bridgehead atoms. The molecule has 0 atom stereocenters. The third kappa shape index (κ3) is 1.06. The van der Waals surface area contributed by atoms with Gasteiger partial charge in [-0.2, -0.15) is 0 Å². The van der Waals surface area contributed by atoms with Crippen LogP contribution in [-0.2, 0) is 13.1 Å². The normalized spacial score (nSPS) is 15.8. The molecule has 3 heteroatoms. The van der Waals surface area contributed by atoms with Crippen molar-refractivity contribution in [3.8, 4) is 0 Å². The molecule has 2 heterocycles. The molecule has 72 valence electrons. The highest BCUT2D eigenvalue weighted by Gasteiger charge is 2.13. The number of aromatic nitrogens is 2. The van der Waals surface area contributed by atoms with Crippen LogP contribution in [0.4, 0.5) is 0 Å². The Morgan fingerprint density at radius 3 is 3.29 bits per heavy atom. The SMILES string of the molecule is Cc1ccc2c(c1)nc1n2CCNC1. The second kappa shape index (κ2) is 2.82. The monoisotopic (exact) mass is 187 g/mol. The van der Waals surface area contributed by atoms with Gasteiger partial charge in [-0.05, 0) is 24.6 Å². The molecule has 0 amide bonds. The van der Waals surface area contributed by atoms with Crippen LogP contribution in [0.2, 0.25) is 0 Å². The van der Waals surface area contributed by atoms with Gasteiger partial charge in [-0.25, -0.2) is 4.98 Å². The van der Waals surface area contributed by atoms with Crippen LogP contribution in [0.3, 0.4) is 0 Å². The molecular weight excluding hydrogens is 174 g/mol. The molecule has 14 heavy (non-hydrogen) atoms. The summed E-state index contributed by atoms with van der Waals surface area (Å²) in [6, 6.07) is 6.48. The summed E-state index contributed by atoms with van der Waals surface area (Å²) in [5, 5.41) is 3.33. The number of aryl methyl sites for hydroxylation is 1. The predicted molar refractivity (Wildman–Crippen MR) is 56.2 cm³/mol. The lowest BCUT2D eigenvalue weighted by atomic mass is 10.2. The van der Waals surface area contributed by atoms with Crippen LogP contribution in [-0.4, -0.2) is 16.1 Å². The van der Waals surface area contributed by atoms with Crippen molar-refractivity contribution < 1.29 is 0 Å². The predicted octanol–water partition coefficient (Wildman–Crippen LogP) is 1.45. The van der Waals surface area contributed by atoms with Crippen molar-refractivity contribution in [1.82, 2.24) is 14.9 Å². The van der Waals surface area contributed by atoms with Gasteiger partial charge in [0.15, 0.2) is 0 Å². The Kier molecular flexibility index (Phi) is 1.61. The number of nitrogens with zero attached hydrogens (tertiary/aromatic N) is 2. The third-order valence-electron chi connectivity index (χ3n) is 2.78. The number of rotatable bonds is 0. The first-order chi connectivity index (χ1) is 6.84. The van der Waals surface area contributed by atoms with Crippen molar-refractivity contribution in [3.63, 3.8) is 0 Å². The quantitative estimate of drug-likeness (QED) is 0.676. The molecule has 0 aliphatic carbocycles. The highest BCUT2D eigenvalue weighted by Crippen LogP contribution is 2.18. The molecule has 1 N–H and O–H groups in total. The summed E-state index contributed by atoms with van der Waals surface area (Å²) in [6.07, 6.45) is 0.